The molecule has 3 aromatic rings. The molecule has 0 spiro atoms. The maximum atomic E-state index is 12.7. The molecular formula is C26H25ClN4O5. The molecule has 1 amide bonds. The maximum absolute atomic E-state index is 12.7. The van der Waals surface area contributed by atoms with Gasteiger partial charge in [-0.25, -0.2) is 5.43 Å². The number of ether oxygens (including phenoxy) is 3. The Morgan fingerprint density at radius 3 is 2.61 bits per heavy atom. The lowest BCUT2D eigenvalue weighted by atomic mass is 10.1. The van der Waals surface area contributed by atoms with Crippen molar-refractivity contribution in [2.75, 3.05) is 14.2 Å². The van der Waals surface area contributed by atoms with Gasteiger partial charge in [-0.2, -0.15) is 10.4 Å². The Labute approximate surface area is 213 Å². The van der Waals surface area contributed by atoms with Crippen molar-refractivity contribution in [3.05, 3.63) is 91.9 Å². The SMILES string of the molecule is COCc1cc(C)n(CC(=O)N/N=C\c2cccc(OC)c2OCc2ccc(Cl)cc2)c(=O)c1C#N. The van der Waals surface area contributed by atoms with E-state index in [-0.39, 0.29) is 25.3 Å². The van der Waals surface area contributed by atoms with Gasteiger partial charge < -0.3 is 18.8 Å². The summed E-state index contributed by atoms with van der Waals surface area (Å²) in [5.74, 6) is 0.417. The third kappa shape index (κ3) is 6.50. The van der Waals surface area contributed by atoms with E-state index in [0.717, 1.165) is 5.56 Å². The van der Waals surface area contributed by atoms with Crippen LogP contribution in [0.4, 0.5) is 0 Å². The number of nitrogens with one attached hydrogen (secondary N) is 1. The summed E-state index contributed by atoms with van der Waals surface area (Å²) >= 11 is 5.94. The zero-order chi connectivity index (χ0) is 26.1. The zero-order valence-electron chi connectivity index (χ0n) is 20.1. The second kappa shape index (κ2) is 12.5. The van der Waals surface area contributed by atoms with E-state index >= 15 is 0 Å². The summed E-state index contributed by atoms with van der Waals surface area (Å²) in [5.41, 5.74) is 4.28. The van der Waals surface area contributed by atoms with E-state index in [2.05, 4.69) is 10.5 Å². The Kier molecular flexibility index (Phi) is 9.22. The predicted octanol–water partition coefficient (Wildman–Crippen LogP) is 3.57. The molecule has 0 bridgehead atoms. The maximum Gasteiger partial charge on any atom is 0.269 e. The number of hydrazone groups is 1. The lowest BCUT2D eigenvalue weighted by Crippen LogP contribution is -2.33. The van der Waals surface area contributed by atoms with Gasteiger partial charge in [-0.3, -0.25) is 9.59 Å². The summed E-state index contributed by atoms with van der Waals surface area (Å²) in [6.07, 6.45) is 1.43. The fraction of sp³-hybridized carbons (Fsp3) is 0.231. The Balaban J connectivity index is 1.73. The van der Waals surface area contributed by atoms with E-state index in [1.807, 2.05) is 18.2 Å². The van der Waals surface area contributed by atoms with Gasteiger partial charge in [0.15, 0.2) is 11.5 Å². The first kappa shape index (κ1) is 26.5. The van der Waals surface area contributed by atoms with Crippen LogP contribution >= 0.6 is 11.6 Å². The van der Waals surface area contributed by atoms with Crippen molar-refractivity contribution in [3.8, 4) is 17.6 Å². The van der Waals surface area contributed by atoms with Crippen molar-refractivity contribution < 1.29 is 19.0 Å². The van der Waals surface area contributed by atoms with Crippen LogP contribution in [0, 0.1) is 18.3 Å². The molecule has 0 aliphatic rings. The molecule has 0 aliphatic carbocycles. The van der Waals surface area contributed by atoms with Gasteiger partial charge in [0.05, 0.1) is 19.9 Å². The van der Waals surface area contributed by atoms with E-state index in [1.165, 1.54) is 25.0 Å². The molecule has 0 saturated heterocycles. The van der Waals surface area contributed by atoms with Gasteiger partial charge in [-0.1, -0.05) is 29.8 Å². The number of nitriles is 1. The second-order valence-electron chi connectivity index (χ2n) is 7.71. The molecule has 0 atom stereocenters. The minimum Gasteiger partial charge on any atom is -0.493 e. The quantitative estimate of drug-likeness (QED) is 0.331. The van der Waals surface area contributed by atoms with Crippen LogP contribution < -0.4 is 20.5 Å². The van der Waals surface area contributed by atoms with Crippen molar-refractivity contribution >= 4 is 23.7 Å². The molecule has 1 N–H and O–H groups in total. The van der Waals surface area contributed by atoms with Gasteiger partial charge >= 0.3 is 0 Å². The van der Waals surface area contributed by atoms with Crippen molar-refractivity contribution in [1.29, 1.82) is 5.26 Å². The van der Waals surface area contributed by atoms with Crippen LogP contribution in [-0.4, -0.2) is 30.9 Å². The lowest BCUT2D eigenvalue weighted by Gasteiger charge is -2.13. The molecule has 0 saturated carbocycles. The summed E-state index contributed by atoms with van der Waals surface area (Å²) in [5, 5.41) is 14.0. The summed E-state index contributed by atoms with van der Waals surface area (Å²) < 4.78 is 17.6. The molecule has 0 fully saturated rings. The van der Waals surface area contributed by atoms with Gasteiger partial charge in [-0.15, -0.1) is 0 Å². The highest BCUT2D eigenvalue weighted by atomic mass is 35.5. The fourth-order valence-corrected chi connectivity index (χ4v) is 3.58. The second-order valence-corrected chi connectivity index (χ2v) is 8.15. The van der Waals surface area contributed by atoms with Crippen LogP contribution in [0.2, 0.25) is 5.02 Å². The number of methoxy groups -OCH3 is 2. The number of amides is 1. The van der Waals surface area contributed by atoms with Crippen LogP contribution in [0.1, 0.15) is 27.9 Å². The van der Waals surface area contributed by atoms with E-state index < -0.39 is 11.5 Å². The van der Waals surface area contributed by atoms with Gasteiger partial charge in [0, 0.05) is 29.0 Å². The van der Waals surface area contributed by atoms with Crippen molar-refractivity contribution in [2.24, 2.45) is 5.10 Å². The normalized spacial score (nSPS) is 10.8. The standard InChI is InChI=1S/C26H25ClN4O5/c1-17-11-20(16-34-2)22(12-28)26(33)31(17)14-24(32)30-29-13-19-5-4-6-23(35-3)25(19)36-15-18-7-9-21(27)10-8-18/h4-11,13H,14-16H2,1-3H3,(H,30,32)/b29-13-. The Hall–Kier alpha value is -4.13. The molecule has 2 aromatic carbocycles. The highest BCUT2D eigenvalue weighted by molar-refractivity contribution is 6.30. The van der Waals surface area contributed by atoms with Crippen LogP contribution in [0.5, 0.6) is 11.5 Å². The minimum atomic E-state index is -0.561. The van der Waals surface area contributed by atoms with Gasteiger partial charge in [0.2, 0.25) is 0 Å². The molecule has 36 heavy (non-hydrogen) atoms. The molecular weight excluding hydrogens is 484 g/mol. The minimum absolute atomic E-state index is 0.0578. The number of rotatable bonds is 10. The number of aromatic nitrogens is 1. The summed E-state index contributed by atoms with van der Waals surface area (Å²) in [4.78, 5) is 25.2. The van der Waals surface area contributed by atoms with E-state index in [1.54, 1.807) is 43.3 Å². The first-order valence-electron chi connectivity index (χ1n) is 10.9. The largest absolute Gasteiger partial charge is 0.493 e. The molecule has 186 valence electrons. The topological polar surface area (TPSA) is 115 Å². The smallest absolute Gasteiger partial charge is 0.269 e. The van der Waals surface area contributed by atoms with E-state index in [9.17, 15) is 14.9 Å². The molecule has 0 unspecified atom stereocenters. The molecule has 0 aliphatic heterocycles. The number of hydrogen-bond acceptors (Lipinski definition) is 7. The number of carbonyl (C=O) groups excluding carboxylic acids is 1. The average Bonchev–Trinajstić information content (AvgIpc) is 2.87. The van der Waals surface area contributed by atoms with Crippen LogP contribution in [0.3, 0.4) is 0 Å². The average molecular weight is 509 g/mol. The Bertz CT molecular complexity index is 1360. The molecule has 3 rings (SSSR count). The number of pyridine rings is 1. The molecule has 1 heterocycles. The number of hydrogen-bond donors (Lipinski definition) is 1. The fourth-order valence-electron chi connectivity index (χ4n) is 3.46. The summed E-state index contributed by atoms with van der Waals surface area (Å²) in [7, 11) is 3.00. The van der Waals surface area contributed by atoms with E-state index in [4.69, 9.17) is 25.8 Å². The third-order valence-electron chi connectivity index (χ3n) is 5.22. The molecule has 0 radical (unpaired) electrons. The predicted molar refractivity (Wildman–Crippen MR) is 135 cm³/mol. The Morgan fingerprint density at radius 2 is 1.94 bits per heavy atom. The van der Waals surface area contributed by atoms with Gasteiger partial charge in [0.25, 0.3) is 11.5 Å². The van der Waals surface area contributed by atoms with Crippen molar-refractivity contribution in [2.45, 2.75) is 26.7 Å². The monoisotopic (exact) mass is 508 g/mol. The Morgan fingerprint density at radius 1 is 1.19 bits per heavy atom. The number of halogens is 1. The third-order valence-corrected chi connectivity index (χ3v) is 5.47. The van der Waals surface area contributed by atoms with E-state index in [0.29, 0.717) is 33.3 Å². The molecule has 9 nitrogen and oxygen atoms in total. The number of benzene rings is 2. The molecule has 1 aromatic heterocycles. The first-order valence-corrected chi connectivity index (χ1v) is 11.2. The van der Waals surface area contributed by atoms with Crippen molar-refractivity contribution in [1.82, 2.24) is 9.99 Å². The zero-order valence-corrected chi connectivity index (χ0v) is 20.8. The summed E-state index contributed by atoms with van der Waals surface area (Å²) in [6, 6.07) is 16.1. The van der Waals surface area contributed by atoms with Crippen molar-refractivity contribution in [3.63, 3.8) is 0 Å². The number of carbonyl (C=O) groups is 1. The first-order chi connectivity index (χ1) is 17.4. The van der Waals surface area contributed by atoms with Crippen LogP contribution in [0.25, 0.3) is 0 Å². The number of para-hydroxylation sites is 1. The van der Waals surface area contributed by atoms with Gasteiger partial charge in [0.1, 0.15) is 24.8 Å². The van der Waals surface area contributed by atoms with Crippen LogP contribution in [0.15, 0.2) is 58.4 Å². The van der Waals surface area contributed by atoms with Gasteiger partial charge in [-0.05, 0) is 42.8 Å². The lowest BCUT2D eigenvalue weighted by molar-refractivity contribution is -0.121. The molecule has 10 heteroatoms. The summed E-state index contributed by atoms with van der Waals surface area (Å²) in [6.45, 7) is 1.77. The number of nitrogens with zero attached hydrogens (tertiary/aromatic N) is 3. The number of aryl methyl sites for hydroxylation is 1. The van der Waals surface area contributed by atoms with Crippen LogP contribution in [-0.2, 0) is 29.3 Å². The highest BCUT2D eigenvalue weighted by Crippen LogP contribution is 2.31. The highest BCUT2D eigenvalue weighted by Gasteiger charge is 2.15.